The Hall–Kier alpha value is -7.40. The van der Waals surface area contributed by atoms with Crippen molar-refractivity contribution in [2.75, 3.05) is 49.5 Å². The first-order chi connectivity index (χ1) is 33.5. The Labute approximate surface area is 399 Å². The summed E-state index contributed by atoms with van der Waals surface area (Å²) >= 11 is 0. The van der Waals surface area contributed by atoms with Crippen LogP contribution in [0.3, 0.4) is 0 Å². The normalized spacial score (nSPS) is 12.8. The standard InChI is InChI=1S/C58H60N6O4/c1-5-61-55-28-17-15-26-51(55)53-34-43(30-32-57(53)61)37-59-63(45-20-11-9-12-21-45)39-49(65-7-3)41-67-47-24-19-25-48(36-47)68-42-50(66-8-4)40-64(46-22-13-10-14-23-46)60-38-44-31-33-58-54(35-44)52-27-16-18-29-56(52)62(58)6-2/h9-38,49-50H,5-8,39-42H2,1-4H3/b59-37-,60-38-. The molecule has 10 nitrogen and oxygen atoms in total. The quantitative estimate of drug-likeness (QED) is 0.0498. The van der Waals surface area contributed by atoms with Crippen LogP contribution in [0.25, 0.3) is 43.6 Å². The Morgan fingerprint density at radius 2 is 0.853 bits per heavy atom. The number of benzene rings is 7. The maximum absolute atomic E-state index is 6.43. The fourth-order valence-electron chi connectivity index (χ4n) is 9.09. The van der Waals surface area contributed by atoms with Gasteiger partial charge in [0.1, 0.15) is 36.9 Å². The third kappa shape index (κ3) is 10.4. The molecule has 0 amide bonds. The molecule has 2 aromatic heterocycles. The van der Waals surface area contributed by atoms with Crippen LogP contribution in [0.4, 0.5) is 11.4 Å². The molecule has 68 heavy (non-hydrogen) atoms. The number of para-hydroxylation sites is 4. The maximum atomic E-state index is 6.43. The van der Waals surface area contributed by atoms with Crippen LogP contribution >= 0.6 is 0 Å². The first-order valence-electron chi connectivity index (χ1n) is 23.9. The van der Waals surface area contributed by atoms with Gasteiger partial charge in [-0.1, -0.05) is 91.0 Å². The number of aromatic nitrogens is 2. The topological polar surface area (TPSA) is 78.0 Å². The zero-order valence-corrected chi connectivity index (χ0v) is 39.4. The minimum absolute atomic E-state index is 0.280. The molecule has 0 saturated carbocycles. The molecule has 7 aromatic carbocycles. The fraction of sp³-hybridized carbons (Fsp3) is 0.241. The van der Waals surface area contributed by atoms with Crippen LogP contribution in [0.2, 0.25) is 0 Å². The van der Waals surface area contributed by atoms with E-state index in [-0.39, 0.29) is 12.2 Å². The van der Waals surface area contributed by atoms with E-state index < -0.39 is 0 Å². The van der Waals surface area contributed by atoms with E-state index in [1.807, 2.05) is 97.0 Å². The van der Waals surface area contributed by atoms with Gasteiger partial charge >= 0.3 is 0 Å². The lowest BCUT2D eigenvalue weighted by Crippen LogP contribution is -2.35. The second kappa shape index (κ2) is 21.9. The smallest absolute Gasteiger partial charge is 0.123 e. The van der Waals surface area contributed by atoms with Gasteiger partial charge in [0, 0.05) is 76.0 Å². The van der Waals surface area contributed by atoms with Crippen LogP contribution in [0.1, 0.15) is 38.8 Å². The molecule has 0 aliphatic heterocycles. The van der Waals surface area contributed by atoms with Gasteiger partial charge in [0.2, 0.25) is 0 Å². The number of hydrogen-bond acceptors (Lipinski definition) is 8. The average molecular weight is 905 g/mol. The molecule has 0 aliphatic carbocycles. The van der Waals surface area contributed by atoms with E-state index in [2.05, 4.69) is 132 Å². The molecule has 2 atom stereocenters. The molecule has 0 spiro atoms. The summed E-state index contributed by atoms with van der Waals surface area (Å²) in [6, 6.07) is 58.4. The van der Waals surface area contributed by atoms with Crippen molar-refractivity contribution in [1.29, 1.82) is 0 Å². The summed E-state index contributed by atoms with van der Waals surface area (Å²) in [7, 11) is 0. The Morgan fingerprint density at radius 1 is 0.441 bits per heavy atom. The maximum Gasteiger partial charge on any atom is 0.123 e. The Morgan fingerprint density at radius 3 is 1.28 bits per heavy atom. The highest BCUT2D eigenvalue weighted by molar-refractivity contribution is 6.10. The Balaban J connectivity index is 0.868. The fourth-order valence-corrected chi connectivity index (χ4v) is 9.09. The highest BCUT2D eigenvalue weighted by Gasteiger charge is 2.19. The van der Waals surface area contributed by atoms with Crippen molar-refractivity contribution in [3.8, 4) is 11.5 Å². The van der Waals surface area contributed by atoms with Crippen LogP contribution in [-0.4, -0.2) is 73.3 Å². The monoisotopic (exact) mass is 904 g/mol. The zero-order valence-electron chi connectivity index (χ0n) is 39.4. The summed E-state index contributed by atoms with van der Waals surface area (Å²) in [5.41, 5.74) is 8.90. The van der Waals surface area contributed by atoms with Gasteiger partial charge in [-0.15, -0.1) is 0 Å². The lowest BCUT2D eigenvalue weighted by Gasteiger charge is -2.26. The molecule has 9 rings (SSSR count). The second-order valence-corrected chi connectivity index (χ2v) is 16.7. The Kier molecular flexibility index (Phi) is 14.8. The number of rotatable bonds is 22. The van der Waals surface area contributed by atoms with Crippen LogP contribution in [-0.2, 0) is 22.6 Å². The predicted molar refractivity (Wildman–Crippen MR) is 281 cm³/mol. The highest BCUT2D eigenvalue weighted by atomic mass is 16.5. The summed E-state index contributed by atoms with van der Waals surface area (Å²) in [4.78, 5) is 0. The van der Waals surface area contributed by atoms with E-state index in [1.54, 1.807) is 0 Å². The van der Waals surface area contributed by atoms with Crippen LogP contribution in [0.5, 0.6) is 11.5 Å². The van der Waals surface area contributed by atoms with Gasteiger partial charge in [0.15, 0.2) is 0 Å². The summed E-state index contributed by atoms with van der Waals surface area (Å²) in [6.07, 6.45) is 3.31. The van der Waals surface area contributed by atoms with E-state index in [0.29, 0.717) is 51.0 Å². The molecule has 346 valence electrons. The largest absolute Gasteiger partial charge is 0.491 e. The van der Waals surface area contributed by atoms with Crippen molar-refractivity contribution in [1.82, 2.24) is 9.13 Å². The molecule has 0 aliphatic rings. The van der Waals surface area contributed by atoms with Crippen molar-refractivity contribution in [2.24, 2.45) is 10.2 Å². The van der Waals surface area contributed by atoms with Gasteiger partial charge in [0.05, 0.1) is 36.9 Å². The number of hydrazone groups is 2. The summed E-state index contributed by atoms with van der Waals surface area (Å²) in [6.45, 7) is 12.9. The number of nitrogens with zero attached hydrogens (tertiary/aromatic N) is 6. The first kappa shape index (κ1) is 45.7. The molecule has 0 N–H and O–H groups in total. The molecule has 0 fully saturated rings. The number of ether oxygens (including phenoxy) is 4. The number of anilines is 2. The minimum atomic E-state index is -0.280. The van der Waals surface area contributed by atoms with E-state index in [9.17, 15) is 0 Å². The number of hydrogen-bond donors (Lipinski definition) is 0. The molecule has 9 aromatic rings. The number of fused-ring (bicyclic) bond motifs is 6. The molecule has 2 heterocycles. The Bertz CT molecular complexity index is 2920. The van der Waals surface area contributed by atoms with Gasteiger partial charge in [-0.25, -0.2) is 0 Å². The average Bonchev–Trinajstić information content (AvgIpc) is 3.89. The highest BCUT2D eigenvalue weighted by Crippen LogP contribution is 2.31. The van der Waals surface area contributed by atoms with E-state index in [1.165, 1.54) is 43.6 Å². The van der Waals surface area contributed by atoms with Gasteiger partial charge < -0.3 is 28.1 Å². The van der Waals surface area contributed by atoms with Crippen LogP contribution in [0.15, 0.2) is 180 Å². The molecule has 0 saturated heterocycles. The van der Waals surface area contributed by atoms with Crippen molar-refractivity contribution in [3.63, 3.8) is 0 Å². The summed E-state index contributed by atoms with van der Waals surface area (Å²) in [5, 5.41) is 19.0. The molecular weight excluding hydrogens is 845 g/mol. The molecular formula is C58H60N6O4. The predicted octanol–water partition coefficient (Wildman–Crippen LogP) is 12.6. The lowest BCUT2D eigenvalue weighted by atomic mass is 10.1. The molecule has 0 radical (unpaired) electrons. The van der Waals surface area contributed by atoms with Gasteiger partial charge in [-0.3, -0.25) is 10.0 Å². The molecule has 10 heteroatoms. The molecule has 0 bridgehead atoms. The van der Waals surface area contributed by atoms with E-state index in [4.69, 9.17) is 29.2 Å². The van der Waals surface area contributed by atoms with Crippen molar-refractivity contribution >= 4 is 67.4 Å². The SMILES string of the molecule is CCOC(COc1cccc(OCC(CN(/N=C\c2ccc3c(c2)c2ccccc2n3CC)c2ccccc2)OCC)c1)CN(/N=C\c1ccc2c(c1)c1ccccc1n2CC)c1ccccc1. The van der Waals surface area contributed by atoms with Gasteiger partial charge in [-0.05, 0) is 112 Å². The first-order valence-corrected chi connectivity index (χ1v) is 23.9. The minimum Gasteiger partial charge on any atom is -0.491 e. The van der Waals surface area contributed by atoms with Crippen molar-refractivity contribution < 1.29 is 18.9 Å². The third-order valence-corrected chi connectivity index (χ3v) is 12.3. The summed E-state index contributed by atoms with van der Waals surface area (Å²) in [5.74, 6) is 1.37. The van der Waals surface area contributed by atoms with Crippen molar-refractivity contribution in [2.45, 2.75) is 53.0 Å². The second-order valence-electron chi connectivity index (χ2n) is 16.7. The van der Waals surface area contributed by atoms with E-state index in [0.717, 1.165) is 35.6 Å². The number of aryl methyl sites for hydroxylation is 2. The summed E-state index contributed by atoms with van der Waals surface area (Å²) < 4.78 is 30.1. The van der Waals surface area contributed by atoms with Crippen LogP contribution in [0, 0.1) is 0 Å². The van der Waals surface area contributed by atoms with Crippen molar-refractivity contribution in [3.05, 3.63) is 181 Å². The third-order valence-electron chi connectivity index (χ3n) is 12.3. The zero-order chi connectivity index (χ0) is 46.7. The molecule has 2 unspecified atom stereocenters. The van der Waals surface area contributed by atoms with E-state index >= 15 is 0 Å². The van der Waals surface area contributed by atoms with Gasteiger partial charge in [0.25, 0.3) is 0 Å². The van der Waals surface area contributed by atoms with Gasteiger partial charge in [-0.2, -0.15) is 10.2 Å². The van der Waals surface area contributed by atoms with Crippen LogP contribution < -0.4 is 19.5 Å². The lowest BCUT2D eigenvalue weighted by molar-refractivity contribution is 0.0306.